The van der Waals surface area contributed by atoms with Gasteiger partial charge in [0.05, 0.1) is 11.1 Å². The van der Waals surface area contributed by atoms with Crippen LogP contribution in [0.4, 0.5) is 18.9 Å². The van der Waals surface area contributed by atoms with Crippen LogP contribution in [0.15, 0.2) is 30.6 Å². The first-order valence-corrected chi connectivity index (χ1v) is 8.93. The molecule has 6 heteroatoms. The molecule has 1 fully saturated rings. The van der Waals surface area contributed by atoms with Crippen molar-refractivity contribution in [3.05, 3.63) is 52.8 Å². The van der Waals surface area contributed by atoms with Crippen molar-refractivity contribution in [3.63, 3.8) is 0 Å². The number of nitrogens with one attached hydrogen (secondary N) is 1. The Balaban J connectivity index is 1.72. The van der Waals surface area contributed by atoms with Gasteiger partial charge in [0, 0.05) is 25.1 Å². The second-order valence-electron chi connectivity index (χ2n) is 7.55. The zero-order valence-electron chi connectivity index (χ0n) is 14.8. The van der Waals surface area contributed by atoms with Gasteiger partial charge >= 0.3 is 6.18 Å². The Hall–Kier alpha value is -2.24. The SMILES string of the molecule is CCC12CCC(C1)c1cccc(NC(=O)c3cn(C)cc3C(F)(F)F)c12. The number of hydrogen-bond acceptors (Lipinski definition) is 1. The Morgan fingerprint density at radius 1 is 1.35 bits per heavy atom. The van der Waals surface area contributed by atoms with Crippen LogP contribution in [0.25, 0.3) is 0 Å². The number of aromatic nitrogens is 1. The Morgan fingerprint density at radius 2 is 2.12 bits per heavy atom. The number of nitrogens with zero attached hydrogens (tertiary/aromatic N) is 1. The molecule has 0 saturated heterocycles. The van der Waals surface area contributed by atoms with Crippen LogP contribution in [0.2, 0.25) is 0 Å². The first kappa shape index (κ1) is 17.2. The average molecular weight is 362 g/mol. The molecule has 138 valence electrons. The van der Waals surface area contributed by atoms with Gasteiger partial charge in [-0.3, -0.25) is 4.79 Å². The number of carbonyl (C=O) groups is 1. The molecule has 1 aromatic heterocycles. The van der Waals surface area contributed by atoms with Gasteiger partial charge in [0.15, 0.2) is 0 Å². The van der Waals surface area contributed by atoms with Gasteiger partial charge in [-0.05, 0) is 54.2 Å². The van der Waals surface area contributed by atoms with Gasteiger partial charge in [-0.1, -0.05) is 19.1 Å². The lowest BCUT2D eigenvalue weighted by molar-refractivity contribution is -0.137. The van der Waals surface area contributed by atoms with Crippen molar-refractivity contribution >= 4 is 11.6 Å². The molecule has 1 N–H and O–H groups in total. The number of benzene rings is 1. The van der Waals surface area contributed by atoms with Gasteiger partial charge in [0.25, 0.3) is 5.91 Å². The minimum absolute atomic E-state index is 0.0490. The van der Waals surface area contributed by atoms with E-state index < -0.39 is 17.6 Å². The van der Waals surface area contributed by atoms with E-state index in [-0.39, 0.29) is 11.0 Å². The van der Waals surface area contributed by atoms with E-state index in [2.05, 4.69) is 18.3 Å². The third-order valence-electron chi connectivity index (χ3n) is 6.11. The van der Waals surface area contributed by atoms with Crippen molar-refractivity contribution in [3.8, 4) is 0 Å². The summed E-state index contributed by atoms with van der Waals surface area (Å²) >= 11 is 0. The smallest absolute Gasteiger partial charge is 0.356 e. The highest BCUT2D eigenvalue weighted by molar-refractivity contribution is 6.06. The number of halogens is 3. The number of carbonyl (C=O) groups excluding carboxylic acids is 1. The maximum absolute atomic E-state index is 13.2. The van der Waals surface area contributed by atoms with Crippen molar-refractivity contribution < 1.29 is 18.0 Å². The number of rotatable bonds is 3. The summed E-state index contributed by atoms with van der Waals surface area (Å²) in [5.74, 6) is -0.204. The first-order chi connectivity index (χ1) is 12.2. The second kappa shape index (κ2) is 5.63. The Bertz CT molecular complexity index is 884. The molecule has 2 aliphatic rings. The fraction of sp³-hybridized carbons (Fsp3) is 0.450. The van der Waals surface area contributed by atoms with E-state index in [1.807, 2.05) is 12.1 Å². The Labute approximate surface area is 150 Å². The molecule has 2 atom stereocenters. The summed E-state index contributed by atoms with van der Waals surface area (Å²) in [5.41, 5.74) is 1.85. The van der Waals surface area contributed by atoms with E-state index in [9.17, 15) is 18.0 Å². The summed E-state index contributed by atoms with van der Waals surface area (Å²) in [4.78, 5) is 12.7. The number of fused-ring (bicyclic) bond motifs is 5. The van der Waals surface area contributed by atoms with Crippen LogP contribution in [0.5, 0.6) is 0 Å². The highest BCUT2D eigenvalue weighted by Gasteiger charge is 2.49. The average Bonchev–Trinajstić information content (AvgIpc) is 3.26. The van der Waals surface area contributed by atoms with E-state index in [0.717, 1.165) is 37.4 Å². The fourth-order valence-electron chi connectivity index (χ4n) is 4.90. The van der Waals surface area contributed by atoms with E-state index in [0.29, 0.717) is 11.6 Å². The summed E-state index contributed by atoms with van der Waals surface area (Å²) in [6, 6.07) is 5.79. The zero-order chi connectivity index (χ0) is 18.7. The van der Waals surface area contributed by atoms with Crippen molar-refractivity contribution in [2.75, 3.05) is 5.32 Å². The van der Waals surface area contributed by atoms with Gasteiger partial charge in [0.1, 0.15) is 0 Å². The Morgan fingerprint density at radius 3 is 2.81 bits per heavy atom. The van der Waals surface area contributed by atoms with E-state index in [1.165, 1.54) is 23.4 Å². The van der Waals surface area contributed by atoms with Crippen LogP contribution < -0.4 is 5.32 Å². The molecule has 1 heterocycles. The summed E-state index contributed by atoms with van der Waals surface area (Å²) in [6.45, 7) is 2.15. The molecule has 2 unspecified atom stereocenters. The molecular formula is C20H21F3N2O. The summed E-state index contributed by atoms with van der Waals surface area (Å²) in [7, 11) is 1.48. The van der Waals surface area contributed by atoms with Crippen LogP contribution in [0, 0.1) is 0 Å². The third-order valence-corrected chi connectivity index (χ3v) is 6.11. The van der Waals surface area contributed by atoms with Crippen LogP contribution in [0.3, 0.4) is 0 Å². The quantitative estimate of drug-likeness (QED) is 0.797. The molecule has 1 saturated carbocycles. The monoisotopic (exact) mass is 362 g/mol. The molecule has 3 nitrogen and oxygen atoms in total. The highest BCUT2D eigenvalue weighted by atomic mass is 19.4. The molecule has 0 radical (unpaired) electrons. The molecule has 26 heavy (non-hydrogen) atoms. The van der Waals surface area contributed by atoms with Gasteiger partial charge in [-0.2, -0.15) is 13.2 Å². The van der Waals surface area contributed by atoms with E-state index >= 15 is 0 Å². The summed E-state index contributed by atoms with van der Waals surface area (Å²) < 4.78 is 40.9. The van der Waals surface area contributed by atoms with Crippen molar-refractivity contribution in [2.24, 2.45) is 7.05 Å². The normalized spacial score (nSPS) is 24.0. The van der Waals surface area contributed by atoms with Gasteiger partial charge in [-0.15, -0.1) is 0 Å². The lowest BCUT2D eigenvalue weighted by Crippen LogP contribution is -2.24. The van der Waals surface area contributed by atoms with Crippen molar-refractivity contribution in [1.29, 1.82) is 0 Å². The molecule has 2 bridgehead atoms. The zero-order valence-corrected chi connectivity index (χ0v) is 14.8. The third kappa shape index (κ3) is 2.46. The van der Waals surface area contributed by atoms with E-state index in [4.69, 9.17) is 0 Å². The predicted molar refractivity (Wildman–Crippen MR) is 93.4 cm³/mol. The topological polar surface area (TPSA) is 34.0 Å². The molecule has 0 spiro atoms. The number of hydrogen-bond donors (Lipinski definition) is 1. The van der Waals surface area contributed by atoms with Crippen molar-refractivity contribution in [1.82, 2.24) is 4.57 Å². The van der Waals surface area contributed by atoms with Gasteiger partial charge in [-0.25, -0.2) is 0 Å². The maximum Gasteiger partial charge on any atom is 0.418 e. The number of anilines is 1. The van der Waals surface area contributed by atoms with E-state index in [1.54, 1.807) is 0 Å². The molecule has 1 amide bonds. The lowest BCUT2D eigenvalue weighted by atomic mass is 9.76. The second-order valence-corrected chi connectivity index (χ2v) is 7.55. The largest absolute Gasteiger partial charge is 0.418 e. The van der Waals surface area contributed by atoms with Crippen LogP contribution in [0.1, 0.15) is 65.6 Å². The summed E-state index contributed by atoms with van der Waals surface area (Å²) in [6.07, 6.45) is 1.88. The fourth-order valence-corrected chi connectivity index (χ4v) is 4.90. The minimum atomic E-state index is -4.56. The molecule has 4 rings (SSSR count). The molecular weight excluding hydrogens is 341 g/mol. The maximum atomic E-state index is 13.2. The number of amides is 1. The first-order valence-electron chi connectivity index (χ1n) is 8.93. The molecule has 0 aliphatic heterocycles. The lowest BCUT2D eigenvalue weighted by Gasteiger charge is -2.30. The van der Waals surface area contributed by atoms with Crippen LogP contribution in [-0.2, 0) is 18.6 Å². The van der Waals surface area contributed by atoms with Gasteiger partial charge < -0.3 is 9.88 Å². The summed E-state index contributed by atoms with van der Waals surface area (Å²) in [5, 5.41) is 2.78. The minimum Gasteiger partial charge on any atom is -0.356 e. The standard InChI is InChI=1S/C20H21F3N2O/c1-3-19-8-7-12(9-19)13-5-4-6-16(17(13)19)24-18(26)14-10-25(2)11-15(14)20(21,22)23/h4-6,10-12H,3,7-9H2,1-2H3,(H,24,26). The highest BCUT2D eigenvalue weighted by Crippen LogP contribution is 2.60. The van der Waals surface area contributed by atoms with Crippen LogP contribution >= 0.6 is 0 Å². The van der Waals surface area contributed by atoms with Crippen molar-refractivity contribution in [2.45, 2.75) is 50.1 Å². The number of alkyl halides is 3. The van der Waals surface area contributed by atoms with Crippen LogP contribution in [-0.4, -0.2) is 10.5 Å². The van der Waals surface area contributed by atoms with Gasteiger partial charge in [0.2, 0.25) is 0 Å². The molecule has 1 aromatic carbocycles. The molecule has 2 aliphatic carbocycles. The number of aryl methyl sites for hydroxylation is 1. The molecule has 2 aromatic rings. The Kier molecular flexibility index (Phi) is 3.72. The predicted octanol–water partition coefficient (Wildman–Crippen LogP) is 5.23.